The van der Waals surface area contributed by atoms with Crippen molar-refractivity contribution < 1.29 is 14.0 Å². The van der Waals surface area contributed by atoms with E-state index in [0.29, 0.717) is 5.56 Å². The molecule has 172 valence electrons. The molecule has 4 nitrogen and oxygen atoms in total. The third kappa shape index (κ3) is 6.46. The Bertz CT molecular complexity index is 928. The zero-order valence-corrected chi connectivity index (χ0v) is 19.8. The smallest absolute Gasteiger partial charge is 0.247 e. The third-order valence-electron chi connectivity index (χ3n) is 5.93. The van der Waals surface area contributed by atoms with E-state index in [4.69, 9.17) is 23.2 Å². The van der Waals surface area contributed by atoms with Gasteiger partial charge in [-0.25, -0.2) is 4.39 Å². The van der Waals surface area contributed by atoms with Gasteiger partial charge >= 0.3 is 0 Å². The van der Waals surface area contributed by atoms with Gasteiger partial charge in [0.25, 0.3) is 0 Å². The second-order valence-corrected chi connectivity index (χ2v) is 9.08. The fourth-order valence-corrected chi connectivity index (χ4v) is 4.59. The van der Waals surface area contributed by atoms with Crippen LogP contribution in [0.3, 0.4) is 0 Å². The zero-order valence-electron chi connectivity index (χ0n) is 18.3. The summed E-state index contributed by atoms with van der Waals surface area (Å²) in [6, 6.07) is 10.6. The molecule has 1 fully saturated rings. The van der Waals surface area contributed by atoms with Crippen molar-refractivity contribution in [2.45, 2.75) is 64.1 Å². The molecule has 1 unspecified atom stereocenters. The molecule has 1 aliphatic rings. The van der Waals surface area contributed by atoms with E-state index in [1.165, 1.54) is 17.0 Å². The molecule has 1 saturated carbocycles. The van der Waals surface area contributed by atoms with Crippen molar-refractivity contribution in [3.63, 3.8) is 0 Å². The fourth-order valence-electron chi connectivity index (χ4n) is 4.17. The Balaban J connectivity index is 1.97. The highest BCUT2D eigenvalue weighted by Crippen LogP contribution is 2.31. The Morgan fingerprint density at radius 2 is 1.75 bits per heavy atom. The highest BCUT2D eigenvalue weighted by molar-refractivity contribution is 6.31. The Kier molecular flexibility index (Phi) is 8.94. The van der Waals surface area contributed by atoms with Crippen LogP contribution < -0.4 is 5.32 Å². The summed E-state index contributed by atoms with van der Waals surface area (Å²) in [7, 11) is 0. The summed E-state index contributed by atoms with van der Waals surface area (Å²) in [4.78, 5) is 27.9. The number of amides is 2. The number of rotatable bonds is 7. The number of nitrogens with zero attached hydrogens (tertiary/aromatic N) is 1. The Morgan fingerprint density at radius 1 is 1.09 bits per heavy atom. The van der Waals surface area contributed by atoms with Gasteiger partial charge < -0.3 is 10.2 Å². The quantitative estimate of drug-likeness (QED) is 0.395. The molecule has 1 aliphatic carbocycles. The molecule has 2 aromatic carbocycles. The van der Waals surface area contributed by atoms with Gasteiger partial charge in [-0.15, -0.1) is 11.6 Å². The van der Waals surface area contributed by atoms with Gasteiger partial charge in [-0.05, 0) is 37.5 Å². The standard InChI is InChI=1S/C25H29Cl2FN2O2/c1-17-8-10-18(11-9-17)16-30(23(31)15-26)24(21-13-12-19(28)14-22(21)27)25(32)29-20-6-4-2-3-5-7-20/h8-14,20,24H,2-7,15-16H2,1H3,(H,29,32). The van der Waals surface area contributed by atoms with E-state index in [9.17, 15) is 14.0 Å². The van der Waals surface area contributed by atoms with Crippen molar-refractivity contribution in [1.29, 1.82) is 0 Å². The second-order valence-electron chi connectivity index (χ2n) is 8.41. The zero-order chi connectivity index (χ0) is 23.1. The molecule has 0 bridgehead atoms. The van der Waals surface area contributed by atoms with Gasteiger partial charge in [0.2, 0.25) is 11.8 Å². The summed E-state index contributed by atoms with van der Waals surface area (Å²) < 4.78 is 13.8. The van der Waals surface area contributed by atoms with Crippen molar-refractivity contribution in [2.24, 2.45) is 0 Å². The molecule has 1 N–H and O–H groups in total. The van der Waals surface area contributed by atoms with Crippen molar-refractivity contribution in [1.82, 2.24) is 10.2 Å². The van der Waals surface area contributed by atoms with Crippen LogP contribution >= 0.6 is 23.2 Å². The first-order valence-electron chi connectivity index (χ1n) is 11.1. The van der Waals surface area contributed by atoms with Crippen molar-refractivity contribution in [3.8, 4) is 0 Å². The highest BCUT2D eigenvalue weighted by Gasteiger charge is 2.34. The molecule has 0 saturated heterocycles. The van der Waals surface area contributed by atoms with Crippen LogP contribution in [0.25, 0.3) is 0 Å². The first kappa shape index (κ1) is 24.5. The average molecular weight is 479 g/mol. The number of aryl methyl sites for hydroxylation is 1. The van der Waals surface area contributed by atoms with Crippen LogP contribution in [0.5, 0.6) is 0 Å². The number of alkyl halides is 1. The Labute approximate surface area is 199 Å². The van der Waals surface area contributed by atoms with E-state index in [0.717, 1.165) is 55.7 Å². The Morgan fingerprint density at radius 3 is 2.34 bits per heavy atom. The molecule has 0 aromatic heterocycles. The van der Waals surface area contributed by atoms with Gasteiger partial charge in [0.1, 0.15) is 17.7 Å². The predicted octanol–water partition coefficient (Wildman–Crippen LogP) is 5.94. The molecule has 1 atom stereocenters. The molecular formula is C25H29Cl2FN2O2. The molecule has 2 aromatic rings. The van der Waals surface area contributed by atoms with Gasteiger partial charge in [-0.3, -0.25) is 9.59 Å². The summed E-state index contributed by atoms with van der Waals surface area (Å²) >= 11 is 12.3. The van der Waals surface area contributed by atoms with E-state index >= 15 is 0 Å². The van der Waals surface area contributed by atoms with Crippen LogP contribution in [0.2, 0.25) is 5.02 Å². The van der Waals surface area contributed by atoms with Crippen LogP contribution in [0, 0.1) is 12.7 Å². The first-order chi connectivity index (χ1) is 15.4. The summed E-state index contributed by atoms with van der Waals surface area (Å²) in [6.45, 7) is 2.16. The lowest BCUT2D eigenvalue weighted by Crippen LogP contribution is -2.46. The minimum atomic E-state index is -1.01. The average Bonchev–Trinajstić information content (AvgIpc) is 3.04. The van der Waals surface area contributed by atoms with Crippen molar-refractivity contribution in [2.75, 3.05) is 5.88 Å². The minimum absolute atomic E-state index is 0.0408. The number of nitrogens with one attached hydrogen (secondary N) is 1. The number of benzene rings is 2. The lowest BCUT2D eigenvalue weighted by Gasteiger charge is -2.33. The maximum absolute atomic E-state index is 13.8. The minimum Gasteiger partial charge on any atom is -0.351 e. The van der Waals surface area contributed by atoms with Gasteiger partial charge in [0, 0.05) is 23.2 Å². The summed E-state index contributed by atoms with van der Waals surface area (Å²) in [6.07, 6.45) is 6.23. The number of carbonyl (C=O) groups is 2. The maximum Gasteiger partial charge on any atom is 0.247 e. The van der Waals surface area contributed by atoms with Crippen molar-refractivity contribution in [3.05, 3.63) is 70.0 Å². The third-order valence-corrected chi connectivity index (χ3v) is 6.48. The van der Waals surface area contributed by atoms with Crippen LogP contribution in [0.1, 0.15) is 61.3 Å². The highest BCUT2D eigenvalue weighted by atomic mass is 35.5. The fraction of sp³-hybridized carbons (Fsp3) is 0.440. The second kappa shape index (κ2) is 11.7. The van der Waals surface area contributed by atoms with E-state index < -0.39 is 17.8 Å². The molecule has 32 heavy (non-hydrogen) atoms. The molecule has 0 aliphatic heterocycles. The molecule has 7 heteroatoms. The molecule has 3 rings (SSSR count). The van der Waals surface area contributed by atoms with Gasteiger partial charge in [-0.2, -0.15) is 0 Å². The van der Waals surface area contributed by atoms with Crippen molar-refractivity contribution >= 4 is 35.0 Å². The maximum atomic E-state index is 13.8. The van der Waals surface area contributed by atoms with Crippen LogP contribution in [-0.4, -0.2) is 28.6 Å². The van der Waals surface area contributed by atoms with E-state index in [1.54, 1.807) is 0 Å². The summed E-state index contributed by atoms with van der Waals surface area (Å²) in [5.74, 6) is -1.50. The van der Waals surface area contributed by atoms with Gasteiger partial charge in [0.05, 0.1) is 0 Å². The molecular weight excluding hydrogens is 450 g/mol. The predicted molar refractivity (Wildman–Crippen MR) is 126 cm³/mol. The first-order valence-corrected chi connectivity index (χ1v) is 12.0. The normalized spacial score (nSPS) is 15.6. The topological polar surface area (TPSA) is 49.4 Å². The molecule has 2 amide bonds. The lowest BCUT2D eigenvalue weighted by molar-refractivity contribution is -0.140. The largest absolute Gasteiger partial charge is 0.351 e. The monoisotopic (exact) mass is 478 g/mol. The molecule has 0 spiro atoms. The summed E-state index contributed by atoms with van der Waals surface area (Å²) in [5.41, 5.74) is 2.33. The van der Waals surface area contributed by atoms with Gasteiger partial charge in [0.15, 0.2) is 0 Å². The van der Waals surface area contributed by atoms with Crippen LogP contribution in [0.4, 0.5) is 4.39 Å². The molecule has 0 radical (unpaired) electrons. The van der Waals surface area contributed by atoms with E-state index in [1.807, 2.05) is 31.2 Å². The molecule has 0 heterocycles. The van der Waals surface area contributed by atoms with Gasteiger partial charge in [-0.1, -0.05) is 73.2 Å². The van der Waals surface area contributed by atoms with Crippen LogP contribution in [0.15, 0.2) is 42.5 Å². The number of halogens is 3. The van der Waals surface area contributed by atoms with E-state index in [-0.39, 0.29) is 29.4 Å². The van der Waals surface area contributed by atoms with Crippen LogP contribution in [-0.2, 0) is 16.1 Å². The van der Waals surface area contributed by atoms with E-state index in [2.05, 4.69) is 5.32 Å². The Hall–Kier alpha value is -2.11. The number of hydrogen-bond acceptors (Lipinski definition) is 2. The SMILES string of the molecule is Cc1ccc(CN(C(=O)CCl)C(C(=O)NC2CCCCCC2)c2ccc(F)cc2Cl)cc1. The number of hydrogen-bond donors (Lipinski definition) is 1. The summed E-state index contributed by atoms with van der Waals surface area (Å²) in [5, 5.41) is 3.22. The lowest BCUT2D eigenvalue weighted by atomic mass is 10.0. The number of carbonyl (C=O) groups excluding carboxylic acids is 2.